The van der Waals surface area contributed by atoms with Crippen LogP contribution in [0.1, 0.15) is 16.7 Å². The zero-order chi connectivity index (χ0) is 22.8. The molecule has 0 radical (unpaired) electrons. The first-order chi connectivity index (χ1) is 15.6. The van der Waals surface area contributed by atoms with E-state index in [2.05, 4.69) is 21.2 Å². The highest BCUT2D eigenvalue weighted by Crippen LogP contribution is 2.19. The molecule has 3 aromatic carbocycles. The highest BCUT2D eigenvalue weighted by atomic mass is 79.9. The minimum atomic E-state index is -0.580. The summed E-state index contributed by atoms with van der Waals surface area (Å²) >= 11 is 5.01. The van der Waals surface area contributed by atoms with Gasteiger partial charge in [-0.2, -0.15) is 0 Å². The Morgan fingerprint density at radius 1 is 0.875 bits per heavy atom. The lowest BCUT2D eigenvalue weighted by Crippen LogP contribution is -2.50. The van der Waals surface area contributed by atoms with E-state index in [1.807, 2.05) is 84.9 Å². The van der Waals surface area contributed by atoms with Crippen LogP contribution in [0.15, 0.2) is 89.4 Å². The zero-order valence-corrected chi connectivity index (χ0v) is 20.4. The van der Waals surface area contributed by atoms with Crippen LogP contribution < -0.4 is 5.32 Å². The van der Waals surface area contributed by atoms with Crippen molar-refractivity contribution in [2.75, 3.05) is 12.8 Å². The van der Waals surface area contributed by atoms with Crippen LogP contribution >= 0.6 is 27.7 Å². The second-order valence-electron chi connectivity index (χ2n) is 7.45. The van der Waals surface area contributed by atoms with E-state index >= 15 is 0 Å². The normalized spacial score (nSPS) is 11.6. The van der Waals surface area contributed by atoms with Crippen molar-refractivity contribution in [2.45, 2.75) is 24.8 Å². The van der Waals surface area contributed by atoms with Crippen LogP contribution in [0.5, 0.6) is 0 Å². The molecule has 1 N–H and O–H groups in total. The van der Waals surface area contributed by atoms with Gasteiger partial charge in [0.1, 0.15) is 6.04 Å². The van der Waals surface area contributed by atoms with Crippen LogP contribution in [0.2, 0.25) is 0 Å². The fourth-order valence-electron chi connectivity index (χ4n) is 3.42. The SMILES string of the molecule is CNC(=O)[C@H](Cc1ccccc1)N(Cc1ccccc1)C(=O)CSCc1ccc(Br)cc1. The topological polar surface area (TPSA) is 49.4 Å². The van der Waals surface area contributed by atoms with Gasteiger partial charge in [0, 0.05) is 30.2 Å². The third-order valence-electron chi connectivity index (χ3n) is 5.12. The van der Waals surface area contributed by atoms with Gasteiger partial charge >= 0.3 is 0 Å². The standard InChI is InChI=1S/C26H27BrN2O2S/c1-28-26(31)24(16-20-8-4-2-5-9-20)29(17-21-10-6-3-7-11-21)25(30)19-32-18-22-12-14-23(27)15-13-22/h2-15,24H,16-19H2,1H3,(H,28,31)/t24-/m0/s1. The summed E-state index contributed by atoms with van der Waals surface area (Å²) < 4.78 is 1.03. The Bertz CT molecular complexity index is 997. The van der Waals surface area contributed by atoms with Gasteiger partial charge in [0.25, 0.3) is 0 Å². The Morgan fingerprint density at radius 3 is 2.06 bits per heavy atom. The number of benzene rings is 3. The molecule has 0 unspecified atom stereocenters. The summed E-state index contributed by atoms with van der Waals surface area (Å²) in [7, 11) is 1.62. The van der Waals surface area contributed by atoms with Crippen molar-refractivity contribution >= 4 is 39.5 Å². The lowest BCUT2D eigenvalue weighted by Gasteiger charge is -2.31. The Labute approximate surface area is 202 Å². The monoisotopic (exact) mass is 510 g/mol. The molecule has 0 aliphatic heterocycles. The maximum Gasteiger partial charge on any atom is 0.242 e. The van der Waals surface area contributed by atoms with Crippen molar-refractivity contribution in [1.82, 2.24) is 10.2 Å². The lowest BCUT2D eigenvalue weighted by molar-refractivity contribution is -0.139. The first-order valence-corrected chi connectivity index (χ1v) is 12.4. The van der Waals surface area contributed by atoms with Gasteiger partial charge in [0.2, 0.25) is 11.8 Å². The van der Waals surface area contributed by atoms with Gasteiger partial charge < -0.3 is 10.2 Å². The Kier molecular flexibility index (Phi) is 9.38. The molecule has 3 rings (SSSR count). The lowest BCUT2D eigenvalue weighted by atomic mass is 10.0. The van der Waals surface area contributed by atoms with E-state index in [0.717, 1.165) is 26.9 Å². The number of rotatable bonds is 10. The molecule has 1 atom stereocenters. The molecule has 2 amide bonds. The van der Waals surface area contributed by atoms with Gasteiger partial charge in [-0.25, -0.2) is 0 Å². The van der Waals surface area contributed by atoms with Crippen LogP contribution in [0.3, 0.4) is 0 Å². The third-order valence-corrected chi connectivity index (χ3v) is 6.64. The van der Waals surface area contributed by atoms with Crippen LogP contribution in [-0.2, 0) is 28.3 Å². The summed E-state index contributed by atoms with van der Waals surface area (Å²) in [5, 5.41) is 2.75. The minimum Gasteiger partial charge on any atom is -0.357 e. The average Bonchev–Trinajstić information content (AvgIpc) is 2.83. The van der Waals surface area contributed by atoms with Gasteiger partial charge in [-0.3, -0.25) is 9.59 Å². The maximum absolute atomic E-state index is 13.4. The predicted molar refractivity (Wildman–Crippen MR) is 135 cm³/mol. The summed E-state index contributed by atoms with van der Waals surface area (Å²) in [6.07, 6.45) is 0.469. The van der Waals surface area contributed by atoms with Crippen molar-refractivity contribution in [3.8, 4) is 0 Å². The number of likely N-dealkylation sites (N-methyl/N-ethyl adjacent to an activating group) is 1. The summed E-state index contributed by atoms with van der Waals surface area (Å²) in [5.74, 6) is 0.851. The molecule has 3 aromatic rings. The molecule has 32 heavy (non-hydrogen) atoms. The smallest absolute Gasteiger partial charge is 0.242 e. The van der Waals surface area contributed by atoms with Gasteiger partial charge in [-0.1, -0.05) is 88.7 Å². The highest BCUT2D eigenvalue weighted by Gasteiger charge is 2.29. The molecule has 0 spiro atoms. The van der Waals surface area contributed by atoms with Gasteiger partial charge in [-0.05, 0) is 28.8 Å². The van der Waals surface area contributed by atoms with Crippen molar-refractivity contribution in [3.63, 3.8) is 0 Å². The molecular weight excluding hydrogens is 484 g/mol. The molecule has 0 saturated heterocycles. The highest BCUT2D eigenvalue weighted by molar-refractivity contribution is 9.10. The van der Waals surface area contributed by atoms with E-state index in [-0.39, 0.29) is 11.8 Å². The Morgan fingerprint density at radius 2 is 1.47 bits per heavy atom. The molecule has 6 heteroatoms. The number of amides is 2. The first-order valence-electron chi connectivity index (χ1n) is 10.5. The van der Waals surface area contributed by atoms with Crippen molar-refractivity contribution in [1.29, 1.82) is 0 Å². The van der Waals surface area contributed by atoms with Crippen molar-refractivity contribution in [3.05, 3.63) is 106 Å². The van der Waals surface area contributed by atoms with E-state index in [9.17, 15) is 9.59 Å². The van der Waals surface area contributed by atoms with Crippen LogP contribution in [0, 0.1) is 0 Å². The predicted octanol–water partition coefficient (Wildman–Crippen LogP) is 5.07. The molecule has 166 valence electrons. The Balaban J connectivity index is 1.77. The third kappa shape index (κ3) is 7.24. The molecule has 4 nitrogen and oxygen atoms in total. The molecule has 0 saturated carbocycles. The van der Waals surface area contributed by atoms with Crippen molar-refractivity contribution < 1.29 is 9.59 Å². The number of carbonyl (C=O) groups excluding carboxylic acids is 2. The number of hydrogen-bond acceptors (Lipinski definition) is 3. The van der Waals surface area contributed by atoms with E-state index in [4.69, 9.17) is 0 Å². The molecule has 0 bridgehead atoms. The van der Waals surface area contributed by atoms with Gasteiger partial charge in [0.15, 0.2) is 0 Å². The zero-order valence-electron chi connectivity index (χ0n) is 18.0. The van der Waals surface area contributed by atoms with Gasteiger partial charge in [0.05, 0.1) is 5.75 Å². The number of thioether (sulfide) groups is 1. The molecule has 0 heterocycles. The maximum atomic E-state index is 13.4. The number of carbonyl (C=O) groups is 2. The van der Waals surface area contributed by atoms with E-state index in [1.165, 1.54) is 0 Å². The molecule has 0 aliphatic rings. The van der Waals surface area contributed by atoms with E-state index in [0.29, 0.717) is 18.7 Å². The summed E-state index contributed by atoms with van der Waals surface area (Å²) in [4.78, 5) is 27.9. The second-order valence-corrected chi connectivity index (χ2v) is 9.35. The first kappa shape index (κ1) is 24.1. The van der Waals surface area contributed by atoms with Crippen molar-refractivity contribution in [2.24, 2.45) is 0 Å². The van der Waals surface area contributed by atoms with E-state index < -0.39 is 6.04 Å². The minimum absolute atomic E-state index is 0.0412. The molecule has 0 fully saturated rings. The fourth-order valence-corrected chi connectivity index (χ4v) is 4.56. The van der Waals surface area contributed by atoms with Crippen LogP contribution in [0.25, 0.3) is 0 Å². The number of nitrogens with one attached hydrogen (secondary N) is 1. The largest absolute Gasteiger partial charge is 0.357 e. The quantitative estimate of drug-likeness (QED) is 0.414. The average molecular weight is 511 g/mol. The summed E-state index contributed by atoms with van der Waals surface area (Å²) in [5.41, 5.74) is 3.18. The van der Waals surface area contributed by atoms with E-state index in [1.54, 1.807) is 23.7 Å². The number of halogens is 1. The summed E-state index contributed by atoms with van der Waals surface area (Å²) in [6.45, 7) is 0.392. The molecule has 0 aromatic heterocycles. The number of hydrogen-bond donors (Lipinski definition) is 1. The Hall–Kier alpha value is -2.57. The second kappa shape index (κ2) is 12.5. The fraction of sp³-hybridized carbons (Fsp3) is 0.231. The van der Waals surface area contributed by atoms with Crippen LogP contribution in [-0.4, -0.2) is 35.6 Å². The van der Waals surface area contributed by atoms with Gasteiger partial charge in [-0.15, -0.1) is 11.8 Å². The summed E-state index contributed by atoms with van der Waals surface area (Å²) in [6, 6.07) is 27.2. The number of nitrogens with zero attached hydrogens (tertiary/aromatic N) is 1. The molecular formula is C26H27BrN2O2S. The molecule has 0 aliphatic carbocycles. The van der Waals surface area contributed by atoms with Crippen LogP contribution in [0.4, 0.5) is 0 Å².